The molecule has 2 aliphatic rings. The maximum absolute atomic E-state index is 12.7. The maximum Gasteiger partial charge on any atom is 0.259 e. The highest BCUT2D eigenvalue weighted by Gasteiger charge is 2.32. The van der Waals surface area contributed by atoms with Crippen molar-refractivity contribution in [3.8, 4) is 0 Å². The Morgan fingerprint density at radius 2 is 1.86 bits per heavy atom. The van der Waals surface area contributed by atoms with E-state index in [4.69, 9.17) is 5.73 Å². The van der Waals surface area contributed by atoms with E-state index in [1.54, 1.807) is 0 Å². The number of anilines is 1. The summed E-state index contributed by atoms with van der Waals surface area (Å²) in [6.07, 6.45) is 4.98. The number of amides is 1. The fraction of sp³-hybridized carbons (Fsp3) is 0.389. The smallest absolute Gasteiger partial charge is 0.259 e. The molecule has 0 saturated heterocycles. The molecule has 0 aromatic heterocycles. The van der Waals surface area contributed by atoms with Crippen LogP contribution in [0.4, 0.5) is 5.69 Å². The van der Waals surface area contributed by atoms with Gasteiger partial charge in [0.1, 0.15) is 0 Å². The number of carbonyl (C=O) groups is 1. The zero-order valence-electron chi connectivity index (χ0n) is 12.1. The van der Waals surface area contributed by atoms with E-state index in [2.05, 4.69) is 12.1 Å². The molecule has 4 rings (SSSR count). The van der Waals surface area contributed by atoms with Gasteiger partial charge in [0.25, 0.3) is 5.91 Å². The first-order chi connectivity index (χ1) is 10.3. The zero-order valence-corrected chi connectivity index (χ0v) is 12.1. The Labute approximate surface area is 124 Å². The van der Waals surface area contributed by atoms with Gasteiger partial charge in [-0.15, -0.1) is 0 Å². The summed E-state index contributed by atoms with van der Waals surface area (Å²) in [6.45, 7) is 0.636. The summed E-state index contributed by atoms with van der Waals surface area (Å²) in [6, 6.07) is 12.2. The van der Waals surface area contributed by atoms with Gasteiger partial charge in [0.2, 0.25) is 0 Å². The van der Waals surface area contributed by atoms with E-state index in [0.717, 1.165) is 22.0 Å². The largest absolute Gasteiger partial charge is 0.326 e. The van der Waals surface area contributed by atoms with Gasteiger partial charge in [-0.1, -0.05) is 37.1 Å². The van der Waals surface area contributed by atoms with Crippen molar-refractivity contribution in [1.29, 1.82) is 0 Å². The van der Waals surface area contributed by atoms with Crippen molar-refractivity contribution in [3.05, 3.63) is 42.0 Å². The Bertz CT molecular complexity index is 698. The minimum absolute atomic E-state index is 0.0843. The summed E-state index contributed by atoms with van der Waals surface area (Å²) in [5.41, 5.74) is 8.24. The van der Waals surface area contributed by atoms with Crippen molar-refractivity contribution in [3.63, 3.8) is 0 Å². The molecule has 1 aliphatic heterocycles. The van der Waals surface area contributed by atoms with Crippen molar-refractivity contribution < 1.29 is 4.79 Å². The molecule has 108 valence electrons. The summed E-state index contributed by atoms with van der Waals surface area (Å²) in [5, 5.41) is 2.22. The summed E-state index contributed by atoms with van der Waals surface area (Å²) < 4.78 is 0. The highest BCUT2D eigenvalue weighted by Crippen LogP contribution is 2.38. The molecule has 1 saturated carbocycles. The molecule has 3 heteroatoms. The molecule has 0 bridgehead atoms. The Hall–Kier alpha value is -1.87. The Balaban J connectivity index is 1.69. The number of hydrogen-bond acceptors (Lipinski definition) is 2. The number of carbonyl (C=O) groups excluding carboxylic acids is 1. The molecule has 1 atom stereocenters. The lowest BCUT2D eigenvalue weighted by Gasteiger charge is -2.26. The molecule has 2 N–H and O–H groups in total. The van der Waals surface area contributed by atoms with Crippen LogP contribution >= 0.6 is 0 Å². The average molecular weight is 280 g/mol. The summed E-state index contributed by atoms with van der Waals surface area (Å²) in [4.78, 5) is 14.6. The second-order valence-electron chi connectivity index (χ2n) is 6.30. The van der Waals surface area contributed by atoms with Crippen LogP contribution in [0.2, 0.25) is 0 Å². The number of hydrogen-bond donors (Lipinski definition) is 1. The molecule has 2 aromatic rings. The Kier molecular flexibility index (Phi) is 2.96. The van der Waals surface area contributed by atoms with Gasteiger partial charge in [-0.3, -0.25) is 4.79 Å². The molecule has 0 spiro atoms. The van der Waals surface area contributed by atoms with Gasteiger partial charge >= 0.3 is 0 Å². The summed E-state index contributed by atoms with van der Waals surface area (Å²) >= 11 is 0. The lowest BCUT2D eigenvalue weighted by Crippen LogP contribution is -2.43. The lowest BCUT2D eigenvalue weighted by molar-refractivity contribution is 0.0990. The number of nitrogens with two attached hydrogens (primary N) is 1. The molecule has 1 unspecified atom stereocenters. The third kappa shape index (κ3) is 1.95. The SMILES string of the molecule is NC(CN1C(=O)c2cccc3cccc1c23)C1CCCC1. The monoisotopic (exact) mass is 280 g/mol. The molecular weight excluding hydrogens is 260 g/mol. The van der Waals surface area contributed by atoms with Crippen molar-refractivity contribution in [2.45, 2.75) is 31.7 Å². The number of benzene rings is 2. The van der Waals surface area contributed by atoms with Crippen LogP contribution in [-0.2, 0) is 0 Å². The standard InChI is InChI=1S/C18H20N2O/c19-15(12-5-1-2-6-12)11-20-16-10-4-8-13-7-3-9-14(17(13)16)18(20)21/h3-4,7-10,12,15H,1-2,5-6,11,19H2. The zero-order chi connectivity index (χ0) is 14.4. The lowest BCUT2D eigenvalue weighted by atomic mass is 9.98. The van der Waals surface area contributed by atoms with E-state index in [9.17, 15) is 4.79 Å². The van der Waals surface area contributed by atoms with Crippen LogP contribution in [0.15, 0.2) is 36.4 Å². The van der Waals surface area contributed by atoms with Gasteiger partial charge in [-0.25, -0.2) is 0 Å². The van der Waals surface area contributed by atoms with Crippen molar-refractivity contribution in [2.75, 3.05) is 11.4 Å². The highest BCUT2D eigenvalue weighted by atomic mass is 16.2. The van der Waals surface area contributed by atoms with E-state index >= 15 is 0 Å². The van der Waals surface area contributed by atoms with Crippen LogP contribution < -0.4 is 10.6 Å². The van der Waals surface area contributed by atoms with Gasteiger partial charge in [0, 0.05) is 23.5 Å². The normalized spacial score (nSPS) is 19.7. The molecule has 2 aromatic carbocycles. The van der Waals surface area contributed by atoms with Gasteiger partial charge in [0.15, 0.2) is 0 Å². The van der Waals surface area contributed by atoms with Crippen molar-refractivity contribution in [2.24, 2.45) is 11.7 Å². The third-order valence-electron chi connectivity index (χ3n) is 5.05. The quantitative estimate of drug-likeness (QED) is 0.937. The van der Waals surface area contributed by atoms with Crippen molar-refractivity contribution in [1.82, 2.24) is 0 Å². The average Bonchev–Trinajstić information content (AvgIpc) is 3.12. The fourth-order valence-electron chi connectivity index (χ4n) is 3.91. The van der Waals surface area contributed by atoms with E-state index in [1.165, 1.54) is 25.7 Å². The predicted molar refractivity (Wildman–Crippen MR) is 85.6 cm³/mol. The van der Waals surface area contributed by atoms with E-state index in [-0.39, 0.29) is 11.9 Å². The van der Waals surface area contributed by atoms with Crippen LogP contribution in [0.3, 0.4) is 0 Å². The molecule has 0 radical (unpaired) electrons. The number of nitrogens with zero attached hydrogens (tertiary/aromatic N) is 1. The Morgan fingerprint density at radius 3 is 2.62 bits per heavy atom. The molecule has 1 heterocycles. The second-order valence-corrected chi connectivity index (χ2v) is 6.30. The molecule has 3 nitrogen and oxygen atoms in total. The summed E-state index contributed by atoms with van der Waals surface area (Å²) in [7, 11) is 0. The van der Waals surface area contributed by atoms with Crippen molar-refractivity contribution >= 4 is 22.4 Å². The van der Waals surface area contributed by atoms with Crippen LogP contribution in [0, 0.1) is 5.92 Å². The predicted octanol–water partition coefficient (Wildman–Crippen LogP) is 3.32. The molecule has 1 aliphatic carbocycles. The van der Waals surface area contributed by atoms with Gasteiger partial charge in [-0.05, 0) is 36.3 Å². The first-order valence-corrected chi connectivity index (χ1v) is 7.85. The van der Waals surface area contributed by atoms with Crippen LogP contribution in [0.1, 0.15) is 36.0 Å². The minimum Gasteiger partial charge on any atom is -0.326 e. The first kappa shape index (κ1) is 12.8. The van der Waals surface area contributed by atoms with E-state index < -0.39 is 0 Å². The molecule has 1 fully saturated rings. The second kappa shape index (κ2) is 4.85. The van der Waals surface area contributed by atoms with Gasteiger partial charge in [0.05, 0.1) is 5.69 Å². The van der Waals surface area contributed by atoms with Gasteiger partial charge < -0.3 is 10.6 Å². The van der Waals surface area contributed by atoms with Crippen LogP contribution in [0.5, 0.6) is 0 Å². The molecule has 1 amide bonds. The molecule has 21 heavy (non-hydrogen) atoms. The topological polar surface area (TPSA) is 46.3 Å². The molecular formula is C18H20N2O. The van der Waals surface area contributed by atoms with Crippen LogP contribution in [-0.4, -0.2) is 18.5 Å². The van der Waals surface area contributed by atoms with E-state index in [1.807, 2.05) is 29.2 Å². The summed E-state index contributed by atoms with van der Waals surface area (Å²) in [5.74, 6) is 0.677. The van der Waals surface area contributed by atoms with Gasteiger partial charge in [-0.2, -0.15) is 0 Å². The fourth-order valence-corrected chi connectivity index (χ4v) is 3.91. The Morgan fingerprint density at radius 1 is 1.14 bits per heavy atom. The first-order valence-electron chi connectivity index (χ1n) is 7.85. The number of rotatable bonds is 3. The third-order valence-corrected chi connectivity index (χ3v) is 5.05. The maximum atomic E-state index is 12.7. The highest BCUT2D eigenvalue weighted by molar-refractivity contribution is 6.25. The minimum atomic E-state index is 0.0843. The van der Waals surface area contributed by atoms with Crippen LogP contribution in [0.25, 0.3) is 10.8 Å². The van der Waals surface area contributed by atoms with E-state index in [0.29, 0.717) is 12.5 Å².